The van der Waals surface area contributed by atoms with Crippen molar-refractivity contribution in [3.05, 3.63) is 134 Å². The first-order chi connectivity index (χ1) is 21.8. The molecule has 0 fully saturated rings. The van der Waals surface area contributed by atoms with Crippen LogP contribution >= 0.6 is 0 Å². The molecule has 6 aromatic carbocycles. The van der Waals surface area contributed by atoms with Crippen molar-refractivity contribution in [3.8, 4) is 0 Å². The van der Waals surface area contributed by atoms with Gasteiger partial charge < -0.3 is 18.2 Å². The summed E-state index contributed by atoms with van der Waals surface area (Å²) < 4.78 is 19.1. The molecule has 10 rings (SSSR count). The van der Waals surface area contributed by atoms with Gasteiger partial charge >= 0.3 is 0 Å². The van der Waals surface area contributed by atoms with Crippen molar-refractivity contribution >= 4 is 93.8 Å². The summed E-state index contributed by atoms with van der Waals surface area (Å²) in [6.07, 6.45) is 1.83. The van der Waals surface area contributed by atoms with Gasteiger partial charge in [0.1, 0.15) is 27.9 Å². The highest BCUT2D eigenvalue weighted by Crippen LogP contribution is 2.45. The lowest BCUT2D eigenvalue weighted by atomic mass is 10.1. The average molecular weight is 567 g/mol. The third-order valence-corrected chi connectivity index (χ3v) is 8.68. The van der Waals surface area contributed by atoms with Gasteiger partial charge in [-0.15, -0.1) is 0 Å². The molecular weight excluding hydrogens is 544 g/mol. The quantitative estimate of drug-likeness (QED) is 0.213. The molecule has 0 amide bonds. The van der Waals surface area contributed by atoms with Crippen LogP contribution in [0.3, 0.4) is 0 Å². The standard InChI is InChI=1S/C39H22N2O3/c1-3-12-34-26(8-1)29-20-24(14-16-36(29)42-34)41(25-15-17-37-30(21-25)27-9-2-4-13-35(27)43-37)33-11-5-10-28-31-22-32-23(7-6-18-40-32)19-38(31)44-39(28)33/h1-22H. The molecule has 0 saturated heterocycles. The fraction of sp³-hybridized carbons (Fsp3) is 0. The van der Waals surface area contributed by atoms with Gasteiger partial charge in [0.15, 0.2) is 5.58 Å². The highest BCUT2D eigenvalue weighted by atomic mass is 16.3. The Morgan fingerprint density at radius 2 is 1.05 bits per heavy atom. The van der Waals surface area contributed by atoms with E-state index < -0.39 is 0 Å². The molecule has 0 aliphatic carbocycles. The number of fused-ring (bicyclic) bond motifs is 10. The molecule has 0 saturated carbocycles. The maximum atomic E-state index is 6.69. The van der Waals surface area contributed by atoms with E-state index in [0.29, 0.717) is 0 Å². The van der Waals surface area contributed by atoms with Gasteiger partial charge in [0.05, 0.1) is 11.2 Å². The molecule has 0 N–H and O–H groups in total. The number of para-hydroxylation sites is 3. The minimum atomic E-state index is 0.812. The summed E-state index contributed by atoms with van der Waals surface area (Å²) in [4.78, 5) is 6.87. The summed E-state index contributed by atoms with van der Waals surface area (Å²) in [6.45, 7) is 0. The number of hydrogen-bond acceptors (Lipinski definition) is 5. The summed E-state index contributed by atoms with van der Waals surface area (Å²) in [6, 6.07) is 43.7. The van der Waals surface area contributed by atoms with E-state index in [1.165, 1.54) is 0 Å². The lowest BCUT2D eigenvalue weighted by molar-refractivity contribution is 0.668. The van der Waals surface area contributed by atoms with Crippen LogP contribution in [0.2, 0.25) is 0 Å². The molecule has 44 heavy (non-hydrogen) atoms. The van der Waals surface area contributed by atoms with Gasteiger partial charge in [-0.05, 0) is 72.8 Å². The molecule has 206 valence electrons. The van der Waals surface area contributed by atoms with Crippen molar-refractivity contribution in [1.29, 1.82) is 0 Å². The topological polar surface area (TPSA) is 55.6 Å². The molecule has 0 aliphatic heterocycles. The summed E-state index contributed by atoms with van der Waals surface area (Å²) in [5, 5.41) is 7.43. The second kappa shape index (κ2) is 8.72. The predicted molar refractivity (Wildman–Crippen MR) is 178 cm³/mol. The molecule has 4 heterocycles. The SMILES string of the molecule is c1cnc2cc3c(cc2c1)oc1c(N(c2ccc4oc5ccccc5c4c2)c2ccc4oc5ccccc5c4c2)cccc13. The van der Waals surface area contributed by atoms with Gasteiger partial charge in [-0.3, -0.25) is 4.98 Å². The Balaban J connectivity index is 1.28. The summed E-state index contributed by atoms with van der Waals surface area (Å²) in [5.41, 5.74) is 8.98. The Labute approximate surface area is 250 Å². The fourth-order valence-electron chi connectivity index (χ4n) is 6.66. The Morgan fingerprint density at radius 1 is 0.432 bits per heavy atom. The Hall–Kier alpha value is -6.07. The van der Waals surface area contributed by atoms with Crippen LogP contribution < -0.4 is 4.90 Å². The normalized spacial score (nSPS) is 12.1. The zero-order valence-electron chi connectivity index (χ0n) is 23.3. The number of rotatable bonds is 3. The largest absolute Gasteiger partial charge is 0.456 e. The van der Waals surface area contributed by atoms with Crippen LogP contribution in [-0.4, -0.2) is 4.98 Å². The maximum Gasteiger partial charge on any atom is 0.159 e. The molecule has 0 radical (unpaired) electrons. The minimum Gasteiger partial charge on any atom is -0.456 e. The van der Waals surface area contributed by atoms with Crippen molar-refractivity contribution in [1.82, 2.24) is 4.98 Å². The molecule has 10 aromatic rings. The number of nitrogens with zero attached hydrogens (tertiary/aromatic N) is 2. The molecule has 0 aliphatic rings. The number of aromatic nitrogens is 1. The van der Waals surface area contributed by atoms with Crippen LogP contribution in [0, 0.1) is 0 Å². The first kappa shape index (κ1) is 23.5. The molecule has 5 heteroatoms. The molecular formula is C39H22N2O3. The van der Waals surface area contributed by atoms with Gasteiger partial charge in [-0.2, -0.15) is 0 Å². The summed E-state index contributed by atoms with van der Waals surface area (Å²) >= 11 is 0. The lowest BCUT2D eigenvalue weighted by Gasteiger charge is -2.25. The fourth-order valence-corrected chi connectivity index (χ4v) is 6.66. The first-order valence-electron chi connectivity index (χ1n) is 14.6. The number of hydrogen-bond donors (Lipinski definition) is 0. The van der Waals surface area contributed by atoms with Crippen LogP contribution in [0.4, 0.5) is 17.1 Å². The number of furan rings is 3. The Morgan fingerprint density at radius 3 is 1.75 bits per heavy atom. The smallest absolute Gasteiger partial charge is 0.159 e. The van der Waals surface area contributed by atoms with Crippen LogP contribution in [0.15, 0.2) is 147 Å². The Bertz CT molecular complexity index is 2630. The van der Waals surface area contributed by atoms with Crippen LogP contribution in [0.5, 0.6) is 0 Å². The zero-order valence-corrected chi connectivity index (χ0v) is 23.3. The van der Waals surface area contributed by atoms with E-state index in [1.807, 2.05) is 48.7 Å². The van der Waals surface area contributed by atoms with Gasteiger partial charge in [-0.1, -0.05) is 54.6 Å². The molecule has 0 bridgehead atoms. The van der Waals surface area contributed by atoms with E-state index >= 15 is 0 Å². The highest BCUT2D eigenvalue weighted by Gasteiger charge is 2.22. The van der Waals surface area contributed by atoms with Crippen molar-refractivity contribution in [2.24, 2.45) is 0 Å². The molecule has 0 atom stereocenters. The monoisotopic (exact) mass is 566 g/mol. The van der Waals surface area contributed by atoms with Gasteiger partial charge in [-0.25, -0.2) is 0 Å². The van der Waals surface area contributed by atoms with Crippen LogP contribution in [0.25, 0.3) is 76.7 Å². The third-order valence-electron chi connectivity index (χ3n) is 8.68. The van der Waals surface area contributed by atoms with Gasteiger partial charge in [0.2, 0.25) is 0 Å². The van der Waals surface area contributed by atoms with E-state index in [0.717, 1.165) is 93.8 Å². The molecule has 4 aromatic heterocycles. The summed E-state index contributed by atoms with van der Waals surface area (Å²) in [7, 11) is 0. The van der Waals surface area contributed by atoms with Crippen molar-refractivity contribution in [2.45, 2.75) is 0 Å². The van der Waals surface area contributed by atoms with Crippen molar-refractivity contribution in [2.75, 3.05) is 4.90 Å². The van der Waals surface area contributed by atoms with E-state index in [9.17, 15) is 0 Å². The van der Waals surface area contributed by atoms with E-state index in [1.54, 1.807) is 0 Å². The number of benzene rings is 6. The van der Waals surface area contributed by atoms with E-state index in [2.05, 4.69) is 94.8 Å². The van der Waals surface area contributed by atoms with Crippen molar-refractivity contribution in [3.63, 3.8) is 0 Å². The van der Waals surface area contributed by atoms with Gasteiger partial charge in [0.25, 0.3) is 0 Å². The number of anilines is 3. The lowest BCUT2D eigenvalue weighted by Crippen LogP contribution is -2.10. The van der Waals surface area contributed by atoms with E-state index in [-0.39, 0.29) is 0 Å². The van der Waals surface area contributed by atoms with Crippen LogP contribution in [-0.2, 0) is 0 Å². The Kier molecular flexibility index (Phi) is 4.66. The second-order valence-electron chi connectivity index (χ2n) is 11.2. The molecule has 5 nitrogen and oxygen atoms in total. The van der Waals surface area contributed by atoms with Gasteiger partial charge in [0, 0.05) is 55.3 Å². The minimum absolute atomic E-state index is 0.812. The molecule has 0 spiro atoms. The second-order valence-corrected chi connectivity index (χ2v) is 11.2. The number of pyridine rings is 1. The molecule has 0 unspecified atom stereocenters. The van der Waals surface area contributed by atoms with Crippen LogP contribution in [0.1, 0.15) is 0 Å². The summed E-state index contributed by atoms with van der Waals surface area (Å²) in [5.74, 6) is 0. The first-order valence-corrected chi connectivity index (χ1v) is 14.6. The zero-order chi connectivity index (χ0) is 28.8. The van der Waals surface area contributed by atoms with Crippen molar-refractivity contribution < 1.29 is 13.3 Å². The highest BCUT2D eigenvalue weighted by molar-refractivity contribution is 6.14. The predicted octanol–water partition coefficient (Wildman–Crippen LogP) is 11.4. The maximum absolute atomic E-state index is 6.69. The third kappa shape index (κ3) is 3.32. The van der Waals surface area contributed by atoms with E-state index in [4.69, 9.17) is 13.3 Å². The average Bonchev–Trinajstić information content (AvgIpc) is 3.75.